The zero-order chi connectivity index (χ0) is 17.8. The van der Waals surface area contributed by atoms with Gasteiger partial charge in [-0.3, -0.25) is 9.59 Å². The van der Waals surface area contributed by atoms with E-state index in [1.807, 2.05) is 0 Å². The molecule has 25 heavy (non-hydrogen) atoms. The zero-order valence-electron chi connectivity index (χ0n) is 13.6. The Balaban J connectivity index is 2.02. The van der Waals surface area contributed by atoms with Crippen molar-refractivity contribution in [3.05, 3.63) is 71.8 Å². The second-order valence-corrected chi connectivity index (χ2v) is 6.35. The van der Waals surface area contributed by atoms with E-state index in [9.17, 15) is 19.2 Å². The first kappa shape index (κ1) is 17.0. The maximum absolute atomic E-state index is 13.0. The number of ketones is 2. The van der Waals surface area contributed by atoms with Gasteiger partial charge in [-0.1, -0.05) is 60.7 Å². The number of benzene rings is 2. The predicted octanol–water partition coefficient (Wildman–Crippen LogP) is 3.02. The summed E-state index contributed by atoms with van der Waals surface area (Å²) in [6, 6.07) is 17.2. The number of carbonyl (C=O) groups excluding carboxylic acids is 4. The van der Waals surface area contributed by atoms with Crippen LogP contribution in [-0.4, -0.2) is 24.1 Å². The summed E-state index contributed by atoms with van der Waals surface area (Å²) in [7, 11) is 0. The highest BCUT2D eigenvalue weighted by Gasteiger charge is 2.50. The van der Waals surface area contributed by atoms with Crippen LogP contribution in [0, 0.1) is 23.7 Å². The Labute approximate surface area is 145 Å². The minimum absolute atomic E-state index is 0.236. The first-order valence-corrected chi connectivity index (χ1v) is 8.26. The smallest absolute Gasteiger partial charge is 0.167 e. The normalized spacial score (nSPS) is 25.3. The lowest BCUT2D eigenvalue weighted by Crippen LogP contribution is -2.33. The van der Waals surface area contributed by atoms with E-state index in [0.717, 1.165) is 0 Å². The fourth-order valence-corrected chi connectivity index (χ4v) is 3.73. The standard InChI is InChI=1S/C21H18O4/c22-12-16-11-17(13-23)19(21(25)15-9-5-2-6-10-15)18(16)20(24)14-7-3-1-4-8-14/h1-10,12-13,16-19H,11H2/t16-,17+,18-,19+. The second kappa shape index (κ2) is 7.34. The summed E-state index contributed by atoms with van der Waals surface area (Å²) in [5, 5.41) is 0. The molecule has 0 saturated heterocycles. The molecule has 0 aromatic heterocycles. The van der Waals surface area contributed by atoms with E-state index in [2.05, 4.69) is 0 Å². The molecule has 0 aliphatic heterocycles. The first-order valence-electron chi connectivity index (χ1n) is 8.26. The molecule has 1 saturated carbocycles. The minimum atomic E-state index is -0.803. The molecule has 0 N–H and O–H groups in total. The van der Waals surface area contributed by atoms with E-state index < -0.39 is 23.7 Å². The van der Waals surface area contributed by atoms with Gasteiger partial charge in [-0.15, -0.1) is 0 Å². The summed E-state index contributed by atoms with van der Waals surface area (Å²) in [5.41, 5.74) is 0.911. The topological polar surface area (TPSA) is 68.3 Å². The van der Waals surface area contributed by atoms with Gasteiger partial charge in [0.05, 0.1) is 0 Å². The quantitative estimate of drug-likeness (QED) is 0.601. The lowest BCUT2D eigenvalue weighted by molar-refractivity contribution is -0.112. The molecule has 4 nitrogen and oxygen atoms in total. The summed E-state index contributed by atoms with van der Waals surface area (Å²) in [4.78, 5) is 49.1. The van der Waals surface area contributed by atoms with E-state index in [1.165, 1.54) is 0 Å². The molecular weight excluding hydrogens is 316 g/mol. The van der Waals surface area contributed by atoms with Crippen LogP contribution in [0.1, 0.15) is 27.1 Å². The van der Waals surface area contributed by atoms with Gasteiger partial charge in [-0.2, -0.15) is 0 Å². The Morgan fingerprint density at radius 3 is 1.36 bits per heavy atom. The molecule has 126 valence electrons. The van der Waals surface area contributed by atoms with Crippen molar-refractivity contribution >= 4 is 24.1 Å². The van der Waals surface area contributed by atoms with Crippen LogP contribution in [0.25, 0.3) is 0 Å². The Kier molecular flexibility index (Phi) is 4.98. The van der Waals surface area contributed by atoms with Crippen molar-refractivity contribution in [1.29, 1.82) is 0 Å². The molecule has 1 fully saturated rings. The molecule has 0 amide bonds. The molecule has 0 heterocycles. The predicted molar refractivity (Wildman–Crippen MR) is 92.3 cm³/mol. The van der Waals surface area contributed by atoms with Crippen LogP contribution >= 0.6 is 0 Å². The zero-order valence-corrected chi connectivity index (χ0v) is 13.6. The van der Waals surface area contributed by atoms with Crippen molar-refractivity contribution in [2.24, 2.45) is 23.7 Å². The SMILES string of the molecule is O=C[C@@H]1C[C@H](C=O)[C@@H](C(=O)c2ccccc2)[C@H]1C(=O)c1ccccc1. The molecule has 0 spiro atoms. The minimum Gasteiger partial charge on any atom is -0.303 e. The van der Waals surface area contributed by atoms with E-state index in [-0.39, 0.29) is 18.0 Å². The molecule has 1 aliphatic rings. The third kappa shape index (κ3) is 3.20. The van der Waals surface area contributed by atoms with Gasteiger partial charge in [0, 0.05) is 34.8 Å². The fraction of sp³-hybridized carbons (Fsp3) is 0.238. The lowest BCUT2D eigenvalue weighted by Gasteiger charge is -2.22. The molecule has 1 aliphatic carbocycles. The monoisotopic (exact) mass is 334 g/mol. The lowest BCUT2D eigenvalue weighted by atomic mass is 9.78. The van der Waals surface area contributed by atoms with E-state index in [1.54, 1.807) is 60.7 Å². The van der Waals surface area contributed by atoms with Gasteiger partial charge in [-0.25, -0.2) is 0 Å². The molecule has 2 aromatic rings. The third-order valence-electron chi connectivity index (χ3n) is 4.93. The summed E-state index contributed by atoms with van der Waals surface area (Å²) in [6.07, 6.45) is 1.65. The maximum Gasteiger partial charge on any atom is 0.167 e. The van der Waals surface area contributed by atoms with Crippen LogP contribution in [-0.2, 0) is 9.59 Å². The van der Waals surface area contributed by atoms with Crippen LogP contribution in [0.15, 0.2) is 60.7 Å². The summed E-state index contributed by atoms with van der Waals surface area (Å²) in [5.74, 6) is -3.36. The summed E-state index contributed by atoms with van der Waals surface area (Å²) < 4.78 is 0. The molecule has 3 rings (SSSR count). The van der Waals surface area contributed by atoms with Crippen LogP contribution in [0.5, 0.6) is 0 Å². The van der Waals surface area contributed by atoms with Crippen molar-refractivity contribution < 1.29 is 19.2 Å². The van der Waals surface area contributed by atoms with E-state index >= 15 is 0 Å². The van der Waals surface area contributed by atoms with Crippen LogP contribution in [0.2, 0.25) is 0 Å². The van der Waals surface area contributed by atoms with Crippen LogP contribution in [0.3, 0.4) is 0 Å². The van der Waals surface area contributed by atoms with Crippen molar-refractivity contribution in [3.8, 4) is 0 Å². The van der Waals surface area contributed by atoms with Crippen LogP contribution < -0.4 is 0 Å². The van der Waals surface area contributed by atoms with E-state index in [0.29, 0.717) is 23.7 Å². The third-order valence-corrected chi connectivity index (χ3v) is 4.93. The van der Waals surface area contributed by atoms with Gasteiger partial charge in [0.25, 0.3) is 0 Å². The highest BCUT2D eigenvalue weighted by atomic mass is 16.1. The molecule has 0 radical (unpaired) electrons. The number of rotatable bonds is 6. The Morgan fingerprint density at radius 2 is 1.04 bits per heavy atom. The van der Waals surface area contributed by atoms with Gasteiger partial charge >= 0.3 is 0 Å². The number of aldehydes is 2. The highest BCUT2D eigenvalue weighted by Crippen LogP contribution is 2.43. The first-order chi connectivity index (χ1) is 12.2. The molecule has 0 unspecified atom stereocenters. The number of hydrogen-bond donors (Lipinski definition) is 0. The van der Waals surface area contributed by atoms with Crippen molar-refractivity contribution in [3.63, 3.8) is 0 Å². The highest BCUT2D eigenvalue weighted by molar-refractivity contribution is 6.07. The van der Waals surface area contributed by atoms with E-state index in [4.69, 9.17) is 0 Å². The van der Waals surface area contributed by atoms with Gasteiger partial charge < -0.3 is 9.59 Å². The Morgan fingerprint density at radius 1 is 0.680 bits per heavy atom. The van der Waals surface area contributed by atoms with Gasteiger partial charge in [-0.05, 0) is 6.42 Å². The average Bonchev–Trinajstić information content (AvgIpc) is 3.06. The molecule has 4 heteroatoms. The fourth-order valence-electron chi connectivity index (χ4n) is 3.73. The average molecular weight is 334 g/mol. The second-order valence-electron chi connectivity index (χ2n) is 6.35. The van der Waals surface area contributed by atoms with Gasteiger partial charge in [0.15, 0.2) is 11.6 Å². The number of Topliss-reactive ketones (excluding diaryl/α,β-unsaturated/α-hetero) is 2. The van der Waals surface area contributed by atoms with Crippen molar-refractivity contribution in [1.82, 2.24) is 0 Å². The van der Waals surface area contributed by atoms with Gasteiger partial charge in [0.1, 0.15) is 12.6 Å². The largest absolute Gasteiger partial charge is 0.303 e. The molecular formula is C21H18O4. The Hall–Kier alpha value is -2.88. The molecule has 2 aromatic carbocycles. The number of hydrogen-bond acceptors (Lipinski definition) is 4. The van der Waals surface area contributed by atoms with Crippen molar-refractivity contribution in [2.45, 2.75) is 6.42 Å². The summed E-state index contributed by atoms with van der Waals surface area (Å²) in [6.45, 7) is 0. The molecule has 4 atom stereocenters. The van der Waals surface area contributed by atoms with Gasteiger partial charge in [0.2, 0.25) is 0 Å². The number of carbonyl (C=O) groups is 4. The summed E-state index contributed by atoms with van der Waals surface area (Å²) >= 11 is 0. The Bertz CT molecular complexity index is 715. The van der Waals surface area contributed by atoms with Crippen LogP contribution in [0.4, 0.5) is 0 Å². The van der Waals surface area contributed by atoms with Crippen molar-refractivity contribution in [2.75, 3.05) is 0 Å². The maximum atomic E-state index is 13.0. The molecule has 0 bridgehead atoms.